The fraction of sp³-hybridized carbons (Fsp3) is 0.0274. The molecule has 79 heavy (non-hydrogen) atoms. The van der Waals surface area contributed by atoms with E-state index in [-0.39, 0.29) is 6.71 Å². The zero-order valence-corrected chi connectivity index (χ0v) is 43.8. The summed E-state index contributed by atoms with van der Waals surface area (Å²) in [5.41, 5.74) is 27.3. The van der Waals surface area contributed by atoms with Gasteiger partial charge in [-0.3, -0.25) is 0 Å². The fourth-order valence-electron chi connectivity index (χ4n) is 14.4. The van der Waals surface area contributed by atoms with E-state index in [1.165, 1.54) is 115 Å². The van der Waals surface area contributed by atoms with E-state index in [9.17, 15) is 5.26 Å². The monoisotopic (exact) mass is 1020 g/mol. The molecule has 1 spiro atoms. The number of hydrogen-bond acceptors (Lipinski definition) is 4. The summed E-state index contributed by atoms with van der Waals surface area (Å²) in [5.74, 6) is 0. The Morgan fingerprint density at radius 3 is 1.65 bits per heavy atom. The highest BCUT2D eigenvalue weighted by atomic mass is 32.1. The summed E-state index contributed by atoms with van der Waals surface area (Å²) in [6.45, 7) is 2.16. The predicted octanol–water partition coefficient (Wildman–Crippen LogP) is 16.8. The van der Waals surface area contributed by atoms with E-state index in [0.29, 0.717) is 5.56 Å². The Kier molecular flexibility index (Phi) is 9.26. The third-order valence-electron chi connectivity index (χ3n) is 17.4. The Morgan fingerprint density at radius 2 is 0.975 bits per heavy atom. The van der Waals surface area contributed by atoms with E-state index in [4.69, 9.17) is 0 Å². The Hall–Kier alpha value is -9.93. The molecule has 0 saturated heterocycles. The molecule has 2 aliphatic carbocycles. The molecule has 6 heteroatoms. The van der Waals surface area contributed by atoms with Crippen LogP contribution < -0.4 is 25.5 Å². The average molecular weight is 1020 g/mol. The molecular weight excluding hydrogens is 976 g/mol. The molecule has 1 unspecified atom stereocenters. The van der Waals surface area contributed by atoms with Crippen LogP contribution in [0.25, 0.3) is 72.0 Å². The molecule has 17 rings (SSSR count). The van der Waals surface area contributed by atoms with Gasteiger partial charge in [0.1, 0.15) is 0 Å². The van der Waals surface area contributed by atoms with Crippen LogP contribution >= 0.6 is 11.3 Å². The van der Waals surface area contributed by atoms with Crippen molar-refractivity contribution in [2.75, 3.05) is 9.80 Å². The molecule has 4 heterocycles. The molecule has 0 fully saturated rings. The van der Waals surface area contributed by atoms with Crippen molar-refractivity contribution in [2.24, 2.45) is 0 Å². The molecule has 366 valence electrons. The van der Waals surface area contributed by atoms with Gasteiger partial charge < -0.3 is 14.4 Å². The number of aryl methyl sites for hydroxylation is 1. The van der Waals surface area contributed by atoms with Gasteiger partial charge in [0.25, 0.3) is 6.71 Å². The SMILES string of the molecule is Cc1cc2c3c(c1)N(c1ccccc1-c1ccccc1)c1c(sc4c1-c1ccccc1C41c4cc(C#N)ccc4-c4ccc(-n5c6ccccc6c6ccccc65)cc41)B3c1ccccc1N2c1ccccc1-c1ccccc1. The van der Waals surface area contributed by atoms with Crippen LogP contribution in [0.2, 0.25) is 0 Å². The normalized spacial score (nSPS) is 14.9. The molecule has 2 aromatic heterocycles. The minimum atomic E-state index is -0.759. The van der Waals surface area contributed by atoms with Crippen molar-refractivity contribution in [3.05, 3.63) is 287 Å². The number of anilines is 6. The summed E-state index contributed by atoms with van der Waals surface area (Å²) in [7, 11) is 0. The van der Waals surface area contributed by atoms with E-state index in [1.807, 2.05) is 17.4 Å². The topological polar surface area (TPSA) is 35.2 Å². The van der Waals surface area contributed by atoms with Gasteiger partial charge in [0.15, 0.2) is 0 Å². The van der Waals surface area contributed by atoms with Gasteiger partial charge in [0.2, 0.25) is 0 Å². The van der Waals surface area contributed by atoms with Crippen molar-refractivity contribution in [3.63, 3.8) is 0 Å². The largest absolute Gasteiger partial charge is 0.311 e. The summed E-state index contributed by atoms with van der Waals surface area (Å²) in [6.07, 6.45) is 0. The maximum atomic E-state index is 10.8. The number of thiophene rings is 1. The van der Waals surface area contributed by atoms with Crippen LogP contribution in [0, 0.1) is 18.3 Å². The molecule has 1 atom stereocenters. The van der Waals surface area contributed by atoms with Crippen molar-refractivity contribution < 1.29 is 0 Å². The molecule has 0 amide bonds. The first-order chi connectivity index (χ1) is 39.1. The number of fused-ring (bicyclic) bond motifs is 18. The van der Waals surface area contributed by atoms with Crippen molar-refractivity contribution in [2.45, 2.75) is 12.3 Å². The van der Waals surface area contributed by atoms with Gasteiger partial charge >= 0.3 is 0 Å². The Bertz CT molecular complexity index is 4740. The minimum Gasteiger partial charge on any atom is -0.311 e. The van der Waals surface area contributed by atoms with E-state index in [1.54, 1.807) is 0 Å². The molecule has 13 aromatic rings. The summed E-state index contributed by atoms with van der Waals surface area (Å²) in [4.78, 5) is 6.49. The van der Waals surface area contributed by atoms with Crippen LogP contribution in [-0.2, 0) is 5.41 Å². The van der Waals surface area contributed by atoms with Crippen molar-refractivity contribution in [1.82, 2.24) is 4.57 Å². The molecule has 0 bridgehead atoms. The van der Waals surface area contributed by atoms with Gasteiger partial charge in [-0.2, -0.15) is 5.26 Å². The zero-order valence-electron chi connectivity index (χ0n) is 43.0. The second-order valence-electron chi connectivity index (χ2n) is 21.4. The van der Waals surface area contributed by atoms with Crippen LogP contribution in [0.3, 0.4) is 0 Å². The predicted molar refractivity (Wildman–Crippen MR) is 329 cm³/mol. The number of rotatable bonds is 5. The summed E-state index contributed by atoms with van der Waals surface area (Å²) in [5, 5.41) is 13.3. The average Bonchev–Trinajstić information content (AvgIpc) is 2.20. The van der Waals surface area contributed by atoms with Gasteiger partial charge in [-0.25, -0.2) is 0 Å². The van der Waals surface area contributed by atoms with Crippen molar-refractivity contribution >= 4 is 89.7 Å². The third kappa shape index (κ3) is 5.92. The second kappa shape index (κ2) is 16.5. The lowest BCUT2D eigenvalue weighted by atomic mass is 9.36. The highest BCUT2D eigenvalue weighted by Crippen LogP contribution is 2.67. The maximum absolute atomic E-state index is 10.8. The van der Waals surface area contributed by atoms with Crippen molar-refractivity contribution in [1.29, 1.82) is 5.26 Å². The zero-order chi connectivity index (χ0) is 52.1. The first-order valence-corrected chi connectivity index (χ1v) is 28.0. The lowest BCUT2D eigenvalue weighted by Crippen LogP contribution is -2.60. The molecule has 0 radical (unpaired) electrons. The number of benzene rings is 11. The van der Waals surface area contributed by atoms with Gasteiger partial charge in [0.05, 0.1) is 45.1 Å². The molecule has 11 aromatic carbocycles. The van der Waals surface area contributed by atoms with E-state index < -0.39 is 5.41 Å². The number of hydrogen-bond donors (Lipinski definition) is 0. The standard InChI is InChI=1S/C73H45BN4S/c1-45-40-66-69-67(41-45)78(62-32-16-10-25-51(62)48-22-6-3-7-23-48)70-68-56-28-8-13-29-57(56)73(71(68)79-72(70)74(69)60-30-14-19-35-65(60)77(66)61-31-15-9-24-50(61)47-20-4-2-5-21-47)58-42-46(44-75)36-38-52(58)53-39-37-49(43-59(53)73)76-63-33-17-11-26-54(63)55-27-12-18-34-64(55)76/h2-43H,1H3. The third-order valence-corrected chi connectivity index (χ3v) is 18.8. The molecular formula is C73H45BN4S. The molecule has 4 aliphatic rings. The summed E-state index contributed by atoms with van der Waals surface area (Å²) in [6, 6.07) is 96.6. The van der Waals surface area contributed by atoms with E-state index in [0.717, 1.165) is 33.8 Å². The van der Waals surface area contributed by atoms with Crippen LogP contribution in [0.15, 0.2) is 255 Å². The Balaban J connectivity index is 1.01. The minimum absolute atomic E-state index is 0.105. The van der Waals surface area contributed by atoms with E-state index in [2.05, 4.69) is 276 Å². The first-order valence-electron chi connectivity index (χ1n) is 27.2. The Morgan fingerprint density at radius 1 is 0.443 bits per heavy atom. The van der Waals surface area contributed by atoms with Gasteiger partial charge in [-0.1, -0.05) is 188 Å². The summed E-state index contributed by atoms with van der Waals surface area (Å²) < 4.78 is 3.76. The summed E-state index contributed by atoms with van der Waals surface area (Å²) >= 11 is 1.98. The molecule has 0 N–H and O–H groups in total. The second-order valence-corrected chi connectivity index (χ2v) is 22.5. The molecule has 2 aliphatic heterocycles. The fourth-order valence-corrected chi connectivity index (χ4v) is 16.1. The lowest BCUT2D eigenvalue weighted by molar-refractivity contribution is 0.809. The number of para-hydroxylation sites is 5. The van der Waals surface area contributed by atoms with Gasteiger partial charge in [-0.05, 0) is 135 Å². The number of aromatic nitrogens is 1. The number of nitrogens with zero attached hydrogens (tertiary/aromatic N) is 4. The van der Waals surface area contributed by atoms with Crippen LogP contribution in [0.1, 0.15) is 32.7 Å². The Labute approximate surface area is 462 Å². The highest BCUT2D eigenvalue weighted by molar-refractivity contribution is 7.30. The molecule has 0 saturated carbocycles. The van der Waals surface area contributed by atoms with Crippen LogP contribution in [0.4, 0.5) is 34.1 Å². The smallest absolute Gasteiger partial charge is 0.264 e. The van der Waals surface area contributed by atoms with Crippen molar-refractivity contribution in [3.8, 4) is 56.3 Å². The maximum Gasteiger partial charge on any atom is 0.264 e. The lowest BCUT2D eigenvalue weighted by Gasteiger charge is -2.44. The van der Waals surface area contributed by atoms with Crippen LogP contribution in [-0.4, -0.2) is 11.3 Å². The first kappa shape index (κ1) is 44.2. The molecule has 4 nitrogen and oxygen atoms in total. The van der Waals surface area contributed by atoms with Gasteiger partial charge in [0, 0.05) is 59.9 Å². The highest BCUT2D eigenvalue weighted by Gasteiger charge is 2.57. The number of nitriles is 1. The van der Waals surface area contributed by atoms with Crippen LogP contribution in [0.5, 0.6) is 0 Å². The van der Waals surface area contributed by atoms with E-state index >= 15 is 0 Å². The quantitative estimate of drug-likeness (QED) is 0.161. The van der Waals surface area contributed by atoms with Gasteiger partial charge in [-0.15, -0.1) is 11.3 Å².